The smallest absolute Gasteiger partial charge is 0.135 e. The summed E-state index contributed by atoms with van der Waals surface area (Å²) >= 11 is 6.80. The third kappa shape index (κ3) is 3.29. The maximum absolute atomic E-state index is 5.57. The molecule has 0 amide bonds. The molecule has 0 bridgehead atoms. The SMILES string of the molecule is N[P+](=S)SC1CCCCC1. The summed E-state index contributed by atoms with van der Waals surface area (Å²) in [7, 11) is 0. The van der Waals surface area contributed by atoms with Crippen LogP contribution in [0.15, 0.2) is 0 Å². The second-order valence-corrected chi connectivity index (χ2v) is 7.79. The van der Waals surface area contributed by atoms with E-state index < -0.39 is 6.05 Å². The first-order valence-corrected chi connectivity index (χ1v) is 7.58. The van der Waals surface area contributed by atoms with Gasteiger partial charge >= 0.3 is 6.05 Å². The van der Waals surface area contributed by atoms with Crippen molar-refractivity contribution in [2.75, 3.05) is 0 Å². The highest BCUT2D eigenvalue weighted by molar-refractivity contribution is 8.63. The van der Waals surface area contributed by atoms with E-state index in [0.717, 1.165) is 5.25 Å². The zero-order valence-corrected chi connectivity index (χ0v) is 8.48. The molecule has 1 nitrogen and oxygen atoms in total. The quantitative estimate of drug-likeness (QED) is 0.684. The highest BCUT2D eigenvalue weighted by atomic mass is 32.9. The van der Waals surface area contributed by atoms with Crippen LogP contribution in [0.5, 0.6) is 0 Å². The predicted octanol–water partition coefficient (Wildman–Crippen LogP) is 2.78. The topological polar surface area (TPSA) is 26.0 Å². The van der Waals surface area contributed by atoms with Crippen molar-refractivity contribution in [2.45, 2.75) is 37.4 Å². The fraction of sp³-hybridized carbons (Fsp3) is 1.00. The fourth-order valence-electron chi connectivity index (χ4n) is 1.32. The zero-order chi connectivity index (χ0) is 7.40. The lowest BCUT2D eigenvalue weighted by Crippen LogP contribution is -2.06. The first-order valence-electron chi connectivity index (χ1n) is 3.68. The van der Waals surface area contributed by atoms with Gasteiger partial charge in [0, 0.05) is 0 Å². The average molecular weight is 194 g/mol. The van der Waals surface area contributed by atoms with Crippen molar-refractivity contribution in [1.82, 2.24) is 0 Å². The summed E-state index contributed by atoms with van der Waals surface area (Å²) in [5, 5.41) is 0.794. The minimum absolute atomic E-state index is 0.623. The molecular weight excluding hydrogens is 181 g/mol. The van der Waals surface area contributed by atoms with Crippen LogP contribution < -0.4 is 5.50 Å². The molecule has 1 saturated carbocycles. The van der Waals surface area contributed by atoms with Crippen molar-refractivity contribution in [2.24, 2.45) is 5.50 Å². The van der Waals surface area contributed by atoms with Crippen molar-refractivity contribution in [3.8, 4) is 0 Å². The molecule has 1 atom stereocenters. The Bertz CT molecular complexity index is 123. The number of hydrogen-bond donors (Lipinski definition) is 1. The van der Waals surface area contributed by atoms with Gasteiger partial charge in [0.05, 0.1) is 5.25 Å². The summed E-state index contributed by atoms with van der Waals surface area (Å²) in [4.78, 5) is 0. The summed E-state index contributed by atoms with van der Waals surface area (Å²) in [6.07, 6.45) is 6.87. The van der Waals surface area contributed by atoms with E-state index in [1.165, 1.54) is 32.1 Å². The molecule has 58 valence electrons. The van der Waals surface area contributed by atoms with Crippen LogP contribution in [0.1, 0.15) is 32.1 Å². The van der Waals surface area contributed by atoms with Gasteiger partial charge in [0.1, 0.15) is 11.4 Å². The Labute approximate surface area is 72.4 Å². The van der Waals surface area contributed by atoms with Gasteiger partial charge in [-0.15, -0.1) is 5.50 Å². The third-order valence-corrected chi connectivity index (χ3v) is 5.07. The summed E-state index contributed by atoms with van der Waals surface area (Å²) in [5.41, 5.74) is 5.57. The van der Waals surface area contributed by atoms with Gasteiger partial charge in [-0.2, -0.15) is 0 Å². The van der Waals surface area contributed by atoms with Crippen LogP contribution in [0.2, 0.25) is 0 Å². The number of nitrogens with two attached hydrogens (primary N) is 1. The van der Waals surface area contributed by atoms with Crippen LogP contribution in [0, 0.1) is 0 Å². The predicted molar refractivity (Wildman–Crippen MR) is 52.9 cm³/mol. The molecule has 1 fully saturated rings. The van der Waals surface area contributed by atoms with Gasteiger partial charge in [0.2, 0.25) is 0 Å². The second kappa shape index (κ2) is 4.66. The maximum Gasteiger partial charge on any atom is 0.335 e. The molecule has 0 aromatic carbocycles. The molecule has 1 unspecified atom stereocenters. The van der Waals surface area contributed by atoms with Crippen molar-refractivity contribution in [1.29, 1.82) is 0 Å². The Morgan fingerprint density at radius 2 is 1.90 bits per heavy atom. The summed E-state index contributed by atoms with van der Waals surface area (Å²) < 4.78 is 0. The Kier molecular flexibility index (Phi) is 4.15. The van der Waals surface area contributed by atoms with E-state index in [2.05, 4.69) is 0 Å². The van der Waals surface area contributed by atoms with Gasteiger partial charge in [-0.3, -0.25) is 0 Å². The Balaban J connectivity index is 2.19. The lowest BCUT2D eigenvalue weighted by Gasteiger charge is -2.15. The van der Waals surface area contributed by atoms with Crippen molar-refractivity contribution in [3.63, 3.8) is 0 Å². The molecule has 0 aromatic rings. The van der Waals surface area contributed by atoms with Gasteiger partial charge in [0.15, 0.2) is 11.8 Å². The Hall–Kier alpha value is 0.830. The molecule has 1 aliphatic carbocycles. The lowest BCUT2D eigenvalue weighted by atomic mass is 10.0. The molecule has 0 aromatic heterocycles. The van der Waals surface area contributed by atoms with E-state index in [-0.39, 0.29) is 0 Å². The van der Waals surface area contributed by atoms with E-state index in [0.29, 0.717) is 0 Å². The lowest BCUT2D eigenvalue weighted by molar-refractivity contribution is 0.517. The largest absolute Gasteiger partial charge is 0.335 e. The molecule has 0 aliphatic heterocycles. The summed E-state index contributed by atoms with van der Waals surface area (Å²) in [6, 6.07) is -0.623. The Morgan fingerprint density at radius 1 is 1.30 bits per heavy atom. The second-order valence-electron chi connectivity index (χ2n) is 2.65. The first kappa shape index (κ1) is 8.92. The van der Waals surface area contributed by atoms with Crippen LogP contribution >= 0.6 is 17.4 Å². The maximum atomic E-state index is 5.57. The van der Waals surface area contributed by atoms with Gasteiger partial charge in [0.25, 0.3) is 0 Å². The average Bonchev–Trinajstić information content (AvgIpc) is 1.88. The monoisotopic (exact) mass is 194 g/mol. The van der Waals surface area contributed by atoms with Crippen LogP contribution in [0.4, 0.5) is 0 Å². The standard InChI is InChI=1S/C6H13NPS2/c7-8(9)10-6-4-2-1-3-5-6/h6H,1-5H2,(H2,7,9)/q+1. The normalized spacial score (nSPS) is 22.7. The molecule has 1 rings (SSSR count). The van der Waals surface area contributed by atoms with Crippen molar-refractivity contribution >= 4 is 29.2 Å². The number of rotatable bonds is 2. The van der Waals surface area contributed by atoms with Gasteiger partial charge in [-0.1, -0.05) is 19.3 Å². The molecule has 0 saturated heterocycles. The molecule has 0 heterocycles. The van der Waals surface area contributed by atoms with Crippen molar-refractivity contribution in [3.05, 3.63) is 0 Å². The van der Waals surface area contributed by atoms with E-state index in [4.69, 9.17) is 17.3 Å². The Morgan fingerprint density at radius 3 is 2.40 bits per heavy atom. The minimum atomic E-state index is -0.623. The highest BCUT2D eigenvalue weighted by Crippen LogP contribution is 2.40. The molecule has 4 heteroatoms. The van der Waals surface area contributed by atoms with Crippen LogP contribution in [0.3, 0.4) is 0 Å². The van der Waals surface area contributed by atoms with Crippen molar-refractivity contribution < 1.29 is 0 Å². The third-order valence-electron chi connectivity index (χ3n) is 1.81. The fourth-order valence-corrected chi connectivity index (χ4v) is 4.76. The summed E-state index contributed by atoms with van der Waals surface area (Å²) in [6.45, 7) is 0. The van der Waals surface area contributed by atoms with Crippen LogP contribution in [-0.2, 0) is 11.8 Å². The minimum Gasteiger partial charge on any atom is -0.135 e. The zero-order valence-electron chi connectivity index (χ0n) is 5.95. The molecule has 0 radical (unpaired) electrons. The van der Waals surface area contributed by atoms with Gasteiger partial charge in [-0.25, -0.2) is 0 Å². The molecule has 10 heavy (non-hydrogen) atoms. The highest BCUT2D eigenvalue weighted by Gasteiger charge is 2.20. The van der Waals surface area contributed by atoms with E-state index in [1.54, 1.807) is 0 Å². The molecule has 1 aliphatic rings. The van der Waals surface area contributed by atoms with E-state index in [1.807, 2.05) is 11.4 Å². The molecule has 2 N–H and O–H groups in total. The summed E-state index contributed by atoms with van der Waals surface area (Å²) in [5.74, 6) is 0. The first-order chi connectivity index (χ1) is 4.79. The van der Waals surface area contributed by atoms with Gasteiger partial charge in [-0.05, 0) is 12.8 Å². The molecule has 0 spiro atoms. The van der Waals surface area contributed by atoms with Crippen LogP contribution in [0.25, 0.3) is 0 Å². The van der Waals surface area contributed by atoms with Crippen LogP contribution in [-0.4, -0.2) is 5.25 Å². The molecular formula is C6H13NPS2+. The van der Waals surface area contributed by atoms with Gasteiger partial charge < -0.3 is 0 Å². The number of hydrogen-bond acceptors (Lipinski definition) is 2. The van der Waals surface area contributed by atoms with E-state index >= 15 is 0 Å². The van der Waals surface area contributed by atoms with E-state index in [9.17, 15) is 0 Å².